The minimum atomic E-state index is -2.26. The van der Waals surface area contributed by atoms with Crippen LogP contribution in [-0.2, 0) is 16.6 Å². The molecule has 0 N–H and O–H groups in total. The Morgan fingerprint density at radius 3 is 2.12 bits per heavy atom. The lowest BCUT2D eigenvalue weighted by molar-refractivity contribution is -0.140. The van der Waals surface area contributed by atoms with Crippen molar-refractivity contribution in [2.45, 2.75) is 13.8 Å². The van der Waals surface area contributed by atoms with Crippen LogP contribution in [-0.4, -0.2) is 27.8 Å². The van der Waals surface area contributed by atoms with Crippen molar-refractivity contribution in [2.24, 2.45) is 7.05 Å². The molecule has 1 aliphatic heterocycles. The van der Waals surface area contributed by atoms with Gasteiger partial charge in [-0.15, -0.1) is 0 Å². The molecule has 0 fully saturated rings. The van der Waals surface area contributed by atoms with Gasteiger partial charge >= 0.3 is 0 Å². The second kappa shape index (κ2) is 7.98. The van der Waals surface area contributed by atoms with E-state index >= 15 is 0 Å². The number of nitrogens with zero attached hydrogens (tertiary/aromatic N) is 3. The summed E-state index contributed by atoms with van der Waals surface area (Å²) in [6, 6.07) is 4.27. The van der Waals surface area contributed by atoms with Crippen LogP contribution in [0.2, 0.25) is 0 Å². The average Bonchev–Trinajstić information content (AvgIpc) is 3.33. The highest BCUT2D eigenvalue weighted by atomic mass is 19.2. The molecule has 0 saturated carbocycles. The molecule has 6 nitrogen and oxygen atoms in total. The number of carbonyl (C=O) groups excluding carboxylic acids is 2. The van der Waals surface area contributed by atoms with E-state index in [1.807, 2.05) is 0 Å². The van der Waals surface area contributed by atoms with Crippen LogP contribution in [0.25, 0.3) is 28.4 Å². The number of furan rings is 1. The first-order valence-electron chi connectivity index (χ1n) is 9.83. The molecule has 174 valence electrons. The summed E-state index contributed by atoms with van der Waals surface area (Å²) in [5.41, 5.74) is -1.15. The van der Waals surface area contributed by atoms with Crippen LogP contribution in [0, 0.1) is 40.4 Å². The van der Waals surface area contributed by atoms with Gasteiger partial charge in [0.2, 0.25) is 5.82 Å². The first-order valence-corrected chi connectivity index (χ1v) is 9.83. The molecule has 0 aliphatic carbocycles. The highest BCUT2D eigenvalue weighted by molar-refractivity contribution is 6.19. The molecule has 0 radical (unpaired) electrons. The monoisotopic (exact) mass is 475 g/mol. The molecule has 2 aromatic heterocycles. The van der Waals surface area contributed by atoms with Crippen LogP contribution in [0.4, 0.5) is 22.0 Å². The zero-order chi connectivity index (χ0) is 25.1. The molecular weight excluding hydrogens is 461 g/mol. The minimum Gasteiger partial charge on any atom is -0.455 e. The van der Waals surface area contributed by atoms with Crippen molar-refractivity contribution in [3.05, 3.63) is 63.7 Å². The molecule has 0 saturated heterocycles. The quantitative estimate of drug-likeness (QED) is 0.180. The van der Waals surface area contributed by atoms with Crippen LogP contribution in [0.1, 0.15) is 19.6 Å². The number of benzene rings is 1. The summed E-state index contributed by atoms with van der Waals surface area (Å²) < 4.78 is 76.0. The van der Waals surface area contributed by atoms with Gasteiger partial charge in [-0.25, -0.2) is 22.0 Å². The Bertz CT molecular complexity index is 1490. The Hall–Kier alpha value is -4.20. The second-order valence-electron chi connectivity index (χ2n) is 7.46. The maximum Gasteiger partial charge on any atom is 0.271 e. The van der Waals surface area contributed by atoms with Crippen molar-refractivity contribution in [3.63, 3.8) is 0 Å². The first kappa shape index (κ1) is 23.0. The molecule has 1 aromatic carbocycles. The Labute approximate surface area is 188 Å². The van der Waals surface area contributed by atoms with E-state index in [-0.39, 0.29) is 45.8 Å². The van der Waals surface area contributed by atoms with E-state index in [4.69, 9.17) is 4.42 Å². The topological polar surface area (TPSA) is 79.2 Å². The lowest BCUT2D eigenvalue weighted by Gasteiger charge is -2.25. The molecule has 0 spiro atoms. The summed E-state index contributed by atoms with van der Waals surface area (Å²) >= 11 is 0. The number of halogens is 5. The maximum atomic E-state index is 14.3. The fraction of sp³-hybridized carbons (Fsp3) is 0.174. The van der Waals surface area contributed by atoms with Crippen molar-refractivity contribution >= 4 is 29.0 Å². The van der Waals surface area contributed by atoms with Crippen molar-refractivity contribution in [1.82, 2.24) is 9.47 Å². The molecule has 3 heterocycles. The normalized spacial score (nSPS) is 15.7. The van der Waals surface area contributed by atoms with E-state index < -0.39 is 46.5 Å². The molecule has 34 heavy (non-hydrogen) atoms. The van der Waals surface area contributed by atoms with Gasteiger partial charge in [-0.1, -0.05) is 0 Å². The first-order chi connectivity index (χ1) is 16.0. The lowest BCUT2D eigenvalue weighted by atomic mass is 9.95. The van der Waals surface area contributed by atoms with Crippen LogP contribution in [0.3, 0.4) is 0 Å². The molecular formula is C23H14F5N3O3. The number of aryl methyl sites for hydroxylation is 1. The van der Waals surface area contributed by atoms with Gasteiger partial charge in [0, 0.05) is 31.3 Å². The molecule has 0 bridgehead atoms. The fourth-order valence-electron chi connectivity index (χ4n) is 3.83. The maximum absolute atomic E-state index is 14.3. The van der Waals surface area contributed by atoms with Gasteiger partial charge in [0.25, 0.3) is 11.8 Å². The van der Waals surface area contributed by atoms with Crippen LogP contribution < -0.4 is 0 Å². The van der Waals surface area contributed by atoms with Crippen molar-refractivity contribution < 1.29 is 36.0 Å². The molecule has 3 aromatic rings. The van der Waals surface area contributed by atoms with E-state index in [0.717, 1.165) is 11.0 Å². The zero-order valence-corrected chi connectivity index (χ0v) is 17.9. The van der Waals surface area contributed by atoms with Crippen LogP contribution in [0.15, 0.2) is 33.3 Å². The molecule has 4 rings (SSSR count). The average molecular weight is 475 g/mol. The molecule has 1 aliphatic rings. The van der Waals surface area contributed by atoms with E-state index in [1.165, 1.54) is 30.7 Å². The van der Waals surface area contributed by atoms with Gasteiger partial charge in [-0.3, -0.25) is 14.5 Å². The Morgan fingerprint density at radius 1 is 1.00 bits per heavy atom. The largest absolute Gasteiger partial charge is 0.455 e. The Balaban J connectivity index is 1.86. The number of likely N-dealkylation sites (N-methyl/N-ethyl adjacent to an activating group) is 1. The standard InChI is InChI=1S/C23H14F5N3O3/c1-4-31-22(32)11(9(2)12(8-29)23(31)33)5-10-6-13-15(34-10)7-14(30(13)3)16-17(24)19(26)21(28)20(27)18(16)25/h5-7H,4H2,1-3H3/b11-5-. The van der Waals surface area contributed by atoms with Crippen LogP contribution >= 0.6 is 0 Å². The van der Waals surface area contributed by atoms with E-state index in [0.29, 0.717) is 0 Å². The van der Waals surface area contributed by atoms with Crippen LogP contribution in [0.5, 0.6) is 0 Å². The number of imide groups is 1. The Kier molecular flexibility index (Phi) is 5.39. The van der Waals surface area contributed by atoms with E-state index in [2.05, 4.69) is 0 Å². The third-order valence-corrected chi connectivity index (χ3v) is 5.64. The summed E-state index contributed by atoms with van der Waals surface area (Å²) in [5, 5.41) is 9.31. The number of hydrogen-bond donors (Lipinski definition) is 0. The fourth-order valence-corrected chi connectivity index (χ4v) is 3.83. The smallest absolute Gasteiger partial charge is 0.271 e. The molecule has 0 atom stereocenters. The third-order valence-electron chi connectivity index (χ3n) is 5.64. The van der Waals surface area contributed by atoms with Crippen molar-refractivity contribution in [3.8, 4) is 17.3 Å². The summed E-state index contributed by atoms with van der Waals surface area (Å²) in [5.74, 6) is -11.6. The van der Waals surface area contributed by atoms with Gasteiger partial charge < -0.3 is 8.98 Å². The molecule has 2 amide bonds. The summed E-state index contributed by atoms with van der Waals surface area (Å²) in [6.07, 6.45) is 1.31. The number of amides is 2. The second-order valence-corrected chi connectivity index (χ2v) is 7.46. The summed E-state index contributed by atoms with van der Waals surface area (Å²) in [4.78, 5) is 25.9. The van der Waals surface area contributed by atoms with Crippen molar-refractivity contribution in [2.75, 3.05) is 6.54 Å². The number of carbonyl (C=O) groups is 2. The zero-order valence-electron chi connectivity index (χ0n) is 17.9. The third kappa shape index (κ3) is 3.14. The number of aromatic nitrogens is 1. The molecule has 0 unspecified atom stereocenters. The van der Waals surface area contributed by atoms with Gasteiger partial charge in [-0.05, 0) is 25.5 Å². The predicted octanol–water partition coefficient (Wildman–Crippen LogP) is 4.75. The van der Waals surface area contributed by atoms with Crippen molar-refractivity contribution in [1.29, 1.82) is 5.26 Å². The van der Waals surface area contributed by atoms with Gasteiger partial charge in [0.1, 0.15) is 17.4 Å². The number of hydrogen-bond acceptors (Lipinski definition) is 4. The number of rotatable bonds is 3. The van der Waals surface area contributed by atoms with E-state index in [1.54, 1.807) is 13.0 Å². The van der Waals surface area contributed by atoms with Gasteiger partial charge in [0.05, 0.1) is 16.8 Å². The van der Waals surface area contributed by atoms with Gasteiger partial charge in [0.15, 0.2) is 28.9 Å². The predicted molar refractivity (Wildman–Crippen MR) is 109 cm³/mol. The SMILES string of the molecule is CCN1C(=O)C(C#N)=C(C)/C(=C/c2cc3c(cc(-c4c(F)c(F)c(F)c(F)c4F)n3C)o2)C1=O. The minimum absolute atomic E-state index is 0.0389. The highest BCUT2D eigenvalue weighted by Gasteiger charge is 2.35. The lowest BCUT2D eigenvalue weighted by Crippen LogP contribution is -2.42. The summed E-state index contributed by atoms with van der Waals surface area (Å²) in [6.45, 7) is 3.06. The summed E-state index contributed by atoms with van der Waals surface area (Å²) in [7, 11) is 1.34. The van der Waals surface area contributed by atoms with E-state index in [9.17, 15) is 36.8 Å². The number of fused-ring (bicyclic) bond motifs is 1. The molecule has 11 heteroatoms. The Morgan fingerprint density at radius 2 is 1.59 bits per heavy atom. The van der Waals surface area contributed by atoms with Gasteiger partial charge in [-0.2, -0.15) is 5.26 Å². The highest BCUT2D eigenvalue weighted by Crippen LogP contribution is 2.36. The number of nitriles is 1.